The van der Waals surface area contributed by atoms with Crippen LogP contribution in [0, 0.1) is 0 Å². The first-order chi connectivity index (χ1) is 8.00. The van der Waals surface area contributed by atoms with Crippen LogP contribution in [0.1, 0.15) is 0 Å². The van der Waals surface area contributed by atoms with Crippen LogP contribution in [-0.4, -0.2) is 50.9 Å². The average Bonchev–Trinajstić information content (AvgIpc) is 1.62. The average molecular weight is 429 g/mol. The third-order valence-corrected chi connectivity index (χ3v) is 0. The van der Waals surface area contributed by atoms with Gasteiger partial charge in [-0.1, -0.05) is 112 Å². The van der Waals surface area contributed by atoms with Crippen LogP contribution in [-0.2, 0) is 0 Å². The zero-order valence-corrected chi connectivity index (χ0v) is 22.2. The first kappa shape index (κ1) is 33.8. The van der Waals surface area contributed by atoms with E-state index in [1.54, 1.807) is 78.6 Å². The molecule has 0 aromatic carbocycles. The summed E-state index contributed by atoms with van der Waals surface area (Å²) < 4.78 is 0. The summed E-state index contributed by atoms with van der Waals surface area (Å²) in [4.78, 5) is 41.0. The van der Waals surface area contributed by atoms with Gasteiger partial charge in [0.1, 0.15) is 0 Å². The van der Waals surface area contributed by atoms with E-state index in [0.29, 0.717) is 0 Å². The Morgan fingerprint density at radius 1 is 0.333 bits per heavy atom. The Labute approximate surface area is 148 Å². The van der Waals surface area contributed by atoms with Gasteiger partial charge in [-0.2, -0.15) is 0 Å². The molecule has 0 aliphatic carbocycles. The zero-order chi connectivity index (χ0) is 18.0. The molecule has 0 rings (SSSR count). The molecule has 0 aromatic heterocycles. The van der Waals surface area contributed by atoms with E-state index in [9.17, 15) is 19.2 Å². The molecular formula is C12H36GeO4Si4. The molecule has 0 unspecified atom stereocenters. The minimum atomic E-state index is -1.86. The Kier molecular flexibility index (Phi) is 22.0. The minimum Gasteiger partial charge on any atom is -0.859 e. The van der Waals surface area contributed by atoms with Crippen molar-refractivity contribution in [1.82, 2.24) is 0 Å². The zero-order valence-electron chi connectivity index (χ0n) is 16.1. The van der Waals surface area contributed by atoms with E-state index < -0.39 is 33.3 Å². The molecule has 0 heterocycles. The summed E-state index contributed by atoms with van der Waals surface area (Å²) in [6.07, 6.45) is 0. The molecule has 128 valence electrons. The molecule has 0 saturated heterocycles. The van der Waals surface area contributed by atoms with Gasteiger partial charge in [0.15, 0.2) is 0 Å². The van der Waals surface area contributed by atoms with Crippen LogP contribution in [0.2, 0.25) is 78.6 Å². The van der Waals surface area contributed by atoms with Crippen LogP contribution >= 0.6 is 0 Å². The van der Waals surface area contributed by atoms with Crippen molar-refractivity contribution < 1.29 is 19.2 Å². The second-order valence-electron chi connectivity index (χ2n) is 8.45. The van der Waals surface area contributed by atoms with Crippen molar-refractivity contribution in [3.63, 3.8) is 0 Å². The van der Waals surface area contributed by atoms with Crippen molar-refractivity contribution in [2.45, 2.75) is 78.6 Å². The predicted octanol–water partition coefficient (Wildman–Crippen LogP) is 0.346. The molecule has 9 heteroatoms. The minimum absolute atomic E-state index is 0. The Morgan fingerprint density at radius 2 is 0.333 bits per heavy atom. The summed E-state index contributed by atoms with van der Waals surface area (Å²) >= 11 is 0. The molecule has 0 bridgehead atoms. The third-order valence-electron chi connectivity index (χ3n) is 0. The molecule has 0 saturated carbocycles. The maximum atomic E-state index is 10.2. The molecule has 4 nitrogen and oxygen atoms in total. The van der Waals surface area contributed by atoms with Gasteiger partial charge in [0.2, 0.25) is 0 Å². The smallest absolute Gasteiger partial charge is 0.859 e. The predicted molar refractivity (Wildman–Crippen MR) is 99.1 cm³/mol. The molecule has 0 atom stereocenters. The van der Waals surface area contributed by atoms with E-state index in [4.69, 9.17) is 0 Å². The van der Waals surface area contributed by atoms with Crippen LogP contribution in [0.25, 0.3) is 0 Å². The van der Waals surface area contributed by atoms with E-state index >= 15 is 0 Å². The second-order valence-corrected chi connectivity index (χ2v) is 25.3. The number of hydrogen-bond donors (Lipinski definition) is 0. The number of rotatable bonds is 0. The molecule has 0 aliphatic rings. The molecule has 0 fully saturated rings. The topological polar surface area (TPSA) is 92.2 Å². The SMILES string of the molecule is C[Si](C)(C)[O-].C[Si](C)(C)[O-].C[Si](C)(C)[O-].C[Si](C)(C)[O-].[Ge+4]. The van der Waals surface area contributed by atoms with E-state index in [2.05, 4.69) is 0 Å². The molecule has 0 amide bonds. The molecule has 0 spiro atoms. The quantitative estimate of drug-likeness (QED) is 0.520. The van der Waals surface area contributed by atoms with Crippen molar-refractivity contribution in [3.8, 4) is 0 Å². The summed E-state index contributed by atoms with van der Waals surface area (Å²) in [6, 6.07) is 0. The van der Waals surface area contributed by atoms with Crippen LogP contribution in [0.15, 0.2) is 0 Å². The fourth-order valence-electron chi connectivity index (χ4n) is 0. The van der Waals surface area contributed by atoms with Gasteiger partial charge in [0.25, 0.3) is 0 Å². The molecule has 0 aliphatic heterocycles. The van der Waals surface area contributed by atoms with Crippen LogP contribution in [0.5, 0.6) is 0 Å². The van der Waals surface area contributed by atoms with E-state index in [1.807, 2.05) is 0 Å². The summed E-state index contributed by atoms with van der Waals surface area (Å²) in [6.45, 7) is 21.2. The van der Waals surface area contributed by atoms with Gasteiger partial charge in [-0.05, 0) is 0 Å². The van der Waals surface area contributed by atoms with Crippen LogP contribution in [0.3, 0.4) is 0 Å². The maximum Gasteiger partial charge on any atom is 4.00 e. The first-order valence-corrected chi connectivity index (χ1v) is 20.4. The van der Waals surface area contributed by atoms with Crippen LogP contribution < -0.4 is 19.2 Å². The molecule has 0 radical (unpaired) electrons. The van der Waals surface area contributed by atoms with Crippen molar-refractivity contribution >= 4 is 50.9 Å². The molecule has 0 N–H and O–H groups in total. The summed E-state index contributed by atoms with van der Waals surface area (Å²) in [5, 5.41) is 0. The van der Waals surface area contributed by atoms with Crippen molar-refractivity contribution in [2.75, 3.05) is 0 Å². The second kappa shape index (κ2) is 13.7. The van der Waals surface area contributed by atoms with Crippen molar-refractivity contribution in [2.24, 2.45) is 0 Å². The summed E-state index contributed by atoms with van der Waals surface area (Å²) in [5.41, 5.74) is 0. The Morgan fingerprint density at radius 3 is 0.333 bits per heavy atom. The van der Waals surface area contributed by atoms with E-state index in [1.165, 1.54) is 0 Å². The van der Waals surface area contributed by atoms with Gasteiger partial charge < -0.3 is 19.2 Å². The largest absolute Gasteiger partial charge is 4.00 e. The fraction of sp³-hybridized carbons (Fsp3) is 1.00. The number of hydrogen-bond acceptors (Lipinski definition) is 4. The molecule has 21 heavy (non-hydrogen) atoms. The summed E-state index contributed by atoms with van der Waals surface area (Å²) in [5.74, 6) is 0. The molecular weight excluding hydrogens is 393 g/mol. The maximum absolute atomic E-state index is 10.2. The van der Waals surface area contributed by atoms with Crippen molar-refractivity contribution in [3.05, 3.63) is 0 Å². The van der Waals surface area contributed by atoms with E-state index in [0.717, 1.165) is 0 Å². The Bertz CT molecular complexity index is 143. The third kappa shape index (κ3) is 5040. The van der Waals surface area contributed by atoms with Gasteiger partial charge in [-0.25, -0.2) is 0 Å². The van der Waals surface area contributed by atoms with Gasteiger partial charge in [0.05, 0.1) is 0 Å². The van der Waals surface area contributed by atoms with Gasteiger partial charge in [-0.3, -0.25) is 0 Å². The van der Waals surface area contributed by atoms with Crippen LogP contribution in [0.4, 0.5) is 0 Å². The van der Waals surface area contributed by atoms with Crippen molar-refractivity contribution in [1.29, 1.82) is 0 Å². The Hall–Kier alpha value is 1.25. The molecule has 0 aromatic rings. The van der Waals surface area contributed by atoms with Gasteiger partial charge >= 0.3 is 17.6 Å². The van der Waals surface area contributed by atoms with E-state index in [-0.39, 0.29) is 17.6 Å². The normalized spacial score (nSPS) is 11.4. The monoisotopic (exact) mass is 430 g/mol. The van der Waals surface area contributed by atoms with Gasteiger partial charge in [-0.15, -0.1) is 0 Å². The summed E-state index contributed by atoms with van der Waals surface area (Å²) in [7, 11) is -7.44. The Balaban J connectivity index is -0.0000000533. The fourth-order valence-corrected chi connectivity index (χ4v) is 0. The van der Waals surface area contributed by atoms with Gasteiger partial charge in [0, 0.05) is 0 Å². The standard InChI is InChI=1S/4C3H9OSi.Ge/c4*1-5(2,3)4;/h4*1-3H3;/q4*-1;+4. The first-order valence-electron chi connectivity index (χ1n) is 6.82.